The van der Waals surface area contributed by atoms with Gasteiger partial charge in [-0.1, -0.05) is 6.92 Å². The molecule has 0 atom stereocenters. The molecule has 1 aliphatic heterocycles. The number of hydrogen-bond acceptors (Lipinski definition) is 3. The van der Waals surface area contributed by atoms with Crippen LogP contribution in [0.15, 0.2) is 24.4 Å². The Kier molecular flexibility index (Phi) is 4.82. The first-order chi connectivity index (χ1) is 13.4. The fourth-order valence-electron chi connectivity index (χ4n) is 4.60. The Balaban J connectivity index is 1.91. The lowest BCUT2D eigenvalue weighted by Gasteiger charge is -2.33. The molecule has 2 aromatic heterocycles. The van der Waals surface area contributed by atoms with Gasteiger partial charge in [0.25, 0.3) is 0 Å². The largest absolute Gasteiger partial charge is 0.497 e. The summed E-state index contributed by atoms with van der Waals surface area (Å²) >= 11 is 0. The van der Waals surface area contributed by atoms with Gasteiger partial charge in [0.1, 0.15) is 11.4 Å². The third kappa shape index (κ3) is 3.15. The minimum Gasteiger partial charge on any atom is -0.497 e. The third-order valence-electron chi connectivity index (χ3n) is 6.12. The minimum atomic E-state index is 0.824. The zero-order chi connectivity index (χ0) is 20.0. The third-order valence-corrected chi connectivity index (χ3v) is 6.12. The number of aryl methyl sites for hydroxylation is 4. The maximum Gasteiger partial charge on any atom is 0.147 e. The topological polar surface area (TPSA) is 30.3 Å². The molecule has 148 valence electrons. The fourth-order valence-corrected chi connectivity index (χ4v) is 4.60. The van der Waals surface area contributed by atoms with E-state index in [1.165, 1.54) is 46.3 Å². The van der Waals surface area contributed by atoms with Crippen molar-refractivity contribution in [2.24, 2.45) is 5.92 Å². The van der Waals surface area contributed by atoms with Gasteiger partial charge in [-0.3, -0.25) is 0 Å². The maximum absolute atomic E-state index is 5.45. The van der Waals surface area contributed by atoms with Crippen LogP contribution in [0.5, 0.6) is 5.75 Å². The summed E-state index contributed by atoms with van der Waals surface area (Å²) in [7, 11) is 1.72. The summed E-state index contributed by atoms with van der Waals surface area (Å²) in [6, 6.07) is 6.47. The van der Waals surface area contributed by atoms with E-state index in [4.69, 9.17) is 9.72 Å². The van der Waals surface area contributed by atoms with E-state index >= 15 is 0 Å². The Morgan fingerprint density at radius 3 is 2.21 bits per heavy atom. The predicted octanol–water partition coefficient (Wildman–Crippen LogP) is 5.50. The first kappa shape index (κ1) is 18.9. The zero-order valence-corrected chi connectivity index (χ0v) is 18.0. The van der Waals surface area contributed by atoms with Crippen molar-refractivity contribution in [3.8, 4) is 11.4 Å². The molecule has 0 unspecified atom stereocenters. The summed E-state index contributed by atoms with van der Waals surface area (Å²) in [6.45, 7) is 13.2. The molecule has 1 aliphatic rings. The number of nitrogens with zero attached hydrogens (tertiary/aromatic N) is 3. The number of ether oxygens (including phenoxy) is 1. The van der Waals surface area contributed by atoms with Crippen molar-refractivity contribution < 1.29 is 4.74 Å². The fraction of sp³-hybridized carbons (Fsp3) is 0.458. The molecule has 0 bridgehead atoms. The average molecular weight is 378 g/mol. The Morgan fingerprint density at radius 1 is 0.964 bits per heavy atom. The summed E-state index contributed by atoms with van der Waals surface area (Å²) in [5, 5.41) is 1.29. The van der Waals surface area contributed by atoms with Crippen molar-refractivity contribution in [1.82, 2.24) is 9.55 Å². The van der Waals surface area contributed by atoms with Crippen molar-refractivity contribution in [1.29, 1.82) is 0 Å². The lowest BCUT2D eigenvalue weighted by molar-refractivity contribution is 0.414. The van der Waals surface area contributed by atoms with Gasteiger partial charge >= 0.3 is 0 Å². The van der Waals surface area contributed by atoms with Crippen LogP contribution in [0.4, 0.5) is 5.69 Å². The normalized spacial score (nSPS) is 15.4. The van der Waals surface area contributed by atoms with Gasteiger partial charge in [0.2, 0.25) is 0 Å². The Morgan fingerprint density at radius 2 is 1.61 bits per heavy atom. The predicted molar refractivity (Wildman–Crippen MR) is 117 cm³/mol. The maximum atomic E-state index is 5.45. The van der Waals surface area contributed by atoms with E-state index in [1.807, 2.05) is 0 Å². The molecule has 0 radical (unpaired) electrons. The average Bonchev–Trinajstić information content (AvgIpc) is 2.97. The van der Waals surface area contributed by atoms with Crippen LogP contribution in [0.25, 0.3) is 16.7 Å². The van der Waals surface area contributed by atoms with Gasteiger partial charge in [0.05, 0.1) is 12.8 Å². The summed E-state index contributed by atoms with van der Waals surface area (Å²) in [5.41, 5.74) is 8.36. The van der Waals surface area contributed by atoms with Crippen molar-refractivity contribution in [3.63, 3.8) is 0 Å². The van der Waals surface area contributed by atoms with Crippen LogP contribution in [0.2, 0.25) is 0 Å². The molecule has 4 heteroatoms. The first-order valence-electron chi connectivity index (χ1n) is 10.3. The highest BCUT2D eigenvalue weighted by Crippen LogP contribution is 2.36. The number of pyridine rings is 1. The second-order valence-electron chi connectivity index (χ2n) is 8.44. The van der Waals surface area contributed by atoms with Gasteiger partial charge in [-0.15, -0.1) is 0 Å². The summed E-state index contributed by atoms with van der Waals surface area (Å²) in [5.74, 6) is 1.73. The zero-order valence-electron chi connectivity index (χ0n) is 18.0. The van der Waals surface area contributed by atoms with Crippen LogP contribution < -0.4 is 9.64 Å². The number of benzene rings is 1. The molecule has 3 aromatic rings. The first-order valence-corrected chi connectivity index (χ1v) is 10.3. The number of aromatic nitrogens is 2. The van der Waals surface area contributed by atoms with Crippen LogP contribution in [0.1, 0.15) is 42.1 Å². The minimum absolute atomic E-state index is 0.824. The van der Waals surface area contributed by atoms with Gasteiger partial charge in [-0.2, -0.15) is 0 Å². The van der Waals surface area contributed by atoms with Crippen LogP contribution in [-0.2, 0) is 0 Å². The van der Waals surface area contributed by atoms with E-state index in [0.29, 0.717) is 0 Å². The molecule has 28 heavy (non-hydrogen) atoms. The van der Waals surface area contributed by atoms with Crippen molar-refractivity contribution in [2.75, 3.05) is 25.1 Å². The number of fused-ring (bicyclic) bond motifs is 1. The van der Waals surface area contributed by atoms with Gasteiger partial charge < -0.3 is 14.2 Å². The van der Waals surface area contributed by atoms with Crippen molar-refractivity contribution in [2.45, 2.75) is 47.5 Å². The van der Waals surface area contributed by atoms with Gasteiger partial charge in [-0.05, 0) is 81.3 Å². The Labute approximate surface area is 168 Å². The lowest BCUT2D eigenvalue weighted by Crippen LogP contribution is -2.33. The number of anilines is 1. The van der Waals surface area contributed by atoms with E-state index in [0.717, 1.165) is 36.1 Å². The number of rotatable bonds is 3. The lowest BCUT2D eigenvalue weighted by atomic mass is 9.98. The van der Waals surface area contributed by atoms with E-state index in [9.17, 15) is 0 Å². The van der Waals surface area contributed by atoms with E-state index in [2.05, 4.69) is 68.5 Å². The molecule has 0 N–H and O–H groups in total. The van der Waals surface area contributed by atoms with Crippen molar-refractivity contribution >= 4 is 16.7 Å². The summed E-state index contributed by atoms with van der Waals surface area (Å²) in [6.07, 6.45) is 4.77. The molecule has 0 saturated carbocycles. The highest BCUT2D eigenvalue weighted by molar-refractivity contribution is 5.95. The second-order valence-corrected chi connectivity index (χ2v) is 8.44. The highest BCUT2D eigenvalue weighted by Gasteiger charge is 2.22. The van der Waals surface area contributed by atoms with Gasteiger partial charge in [0.15, 0.2) is 0 Å². The Hall–Kier alpha value is -2.49. The van der Waals surface area contributed by atoms with Crippen LogP contribution in [0, 0.1) is 33.6 Å². The number of hydrogen-bond donors (Lipinski definition) is 0. The summed E-state index contributed by atoms with van der Waals surface area (Å²) < 4.78 is 7.73. The molecular weight excluding hydrogens is 346 g/mol. The molecule has 0 spiro atoms. The Bertz CT molecular complexity index is 1000. The molecule has 4 rings (SSSR count). The summed E-state index contributed by atoms with van der Waals surface area (Å²) in [4.78, 5) is 7.53. The smallest absolute Gasteiger partial charge is 0.147 e. The molecule has 1 aromatic carbocycles. The monoisotopic (exact) mass is 377 g/mol. The number of methoxy groups -OCH3 is 1. The van der Waals surface area contributed by atoms with E-state index in [1.54, 1.807) is 7.11 Å². The van der Waals surface area contributed by atoms with E-state index < -0.39 is 0 Å². The molecule has 3 heterocycles. The SMILES string of the molecule is COc1cc(C)c(-n2cc(C)c3c(N4CCC(C)CC4)cc(C)nc32)c(C)c1. The molecule has 0 amide bonds. The van der Waals surface area contributed by atoms with Crippen molar-refractivity contribution in [3.05, 3.63) is 46.8 Å². The highest BCUT2D eigenvalue weighted by atomic mass is 16.5. The van der Waals surface area contributed by atoms with Crippen LogP contribution in [-0.4, -0.2) is 29.8 Å². The van der Waals surface area contributed by atoms with Crippen LogP contribution >= 0.6 is 0 Å². The molecular formula is C24H31N3O. The van der Waals surface area contributed by atoms with E-state index in [-0.39, 0.29) is 0 Å². The standard InChI is InChI=1S/C24H31N3O/c1-15-7-9-26(10-8-15)21-13-19(5)25-24-22(21)18(4)14-27(24)23-16(2)11-20(28-6)12-17(23)3/h11-15H,7-10H2,1-6H3. The van der Waals surface area contributed by atoms with Gasteiger partial charge in [-0.25, -0.2) is 4.98 Å². The van der Waals surface area contributed by atoms with Crippen LogP contribution in [0.3, 0.4) is 0 Å². The quantitative estimate of drug-likeness (QED) is 0.603. The number of piperidine rings is 1. The molecule has 1 fully saturated rings. The van der Waals surface area contributed by atoms with Gasteiger partial charge in [0, 0.05) is 36.1 Å². The second kappa shape index (κ2) is 7.16. The molecule has 4 nitrogen and oxygen atoms in total. The molecule has 1 saturated heterocycles. The molecule has 0 aliphatic carbocycles.